The van der Waals surface area contributed by atoms with Crippen LogP contribution in [0.15, 0.2) is 24.3 Å². The van der Waals surface area contributed by atoms with E-state index >= 15 is 0 Å². The van der Waals surface area contributed by atoms with Gasteiger partial charge in [0.15, 0.2) is 0 Å². The molecule has 1 rings (SSSR count). The molecule has 5 heteroatoms. The minimum absolute atomic E-state index is 0.148. The molecule has 0 heterocycles. The number of carbonyl (C=O) groups excluding carboxylic acids is 1. The summed E-state index contributed by atoms with van der Waals surface area (Å²) in [4.78, 5) is 11.9. The predicted molar refractivity (Wildman–Crippen MR) is 69.4 cm³/mol. The van der Waals surface area contributed by atoms with Crippen LogP contribution < -0.4 is 11.1 Å². The lowest BCUT2D eigenvalue weighted by atomic mass is 10.1. The SMILES string of the molecule is COCC(CO)NC(=O)c1ccc(CCN)cc1. The Balaban J connectivity index is 2.60. The summed E-state index contributed by atoms with van der Waals surface area (Å²) in [7, 11) is 1.52. The molecule has 1 aromatic carbocycles. The van der Waals surface area contributed by atoms with Crippen molar-refractivity contribution in [2.45, 2.75) is 12.5 Å². The Labute approximate surface area is 107 Å². The van der Waals surface area contributed by atoms with Crippen LogP contribution in [0, 0.1) is 0 Å². The van der Waals surface area contributed by atoms with Crippen molar-refractivity contribution in [1.82, 2.24) is 5.32 Å². The van der Waals surface area contributed by atoms with Gasteiger partial charge in [-0.2, -0.15) is 0 Å². The normalized spacial score (nSPS) is 12.2. The van der Waals surface area contributed by atoms with Crippen molar-refractivity contribution >= 4 is 5.91 Å². The molecule has 18 heavy (non-hydrogen) atoms. The number of methoxy groups -OCH3 is 1. The van der Waals surface area contributed by atoms with Crippen LogP contribution in [0.5, 0.6) is 0 Å². The maximum Gasteiger partial charge on any atom is 0.251 e. The van der Waals surface area contributed by atoms with Gasteiger partial charge in [-0.25, -0.2) is 0 Å². The van der Waals surface area contributed by atoms with Crippen molar-refractivity contribution in [1.29, 1.82) is 0 Å². The van der Waals surface area contributed by atoms with Crippen LogP contribution in [-0.2, 0) is 11.2 Å². The van der Waals surface area contributed by atoms with Gasteiger partial charge in [-0.3, -0.25) is 4.79 Å². The zero-order valence-corrected chi connectivity index (χ0v) is 10.6. The molecule has 1 atom stereocenters. The van der Waals surface area contributed by atoms with E-state index in [9.17, 15) is 4.79 Å². The fraction of sp³-hybridized carbons (Fsp3) is 0.462. The first kappa shape index (κ1) is 14.6. The second kappa shape index (κ2) is 7.81. The molecule has 0 bridgehead atoms. The topological polar surface area (TPSA) is 84.6 Å². The Kier molecular flexibility index (Phi) is 6.35. The number of carbonyl (C=O) groups is 1. The molecule has 0 saturated carbocycles. The van der Waals surface area contributed by atoms with Crippen LogP contribution >= 0.6 is 0 Å². The lowest BCUT2D eigenvalue weighted by Gasteiger charge is -2.15. The van der Waals surface area contributed by atoms with Gasteiger partial charge < -0.3 is 20.9 Å². The van der Waals surface area contributed by atoms with E-state index in [0.717, 1.165) is 12.0 Å². The monoisotopic (exact) mass is 252 g/mol. The number of amides is 1. The molecule has 4 N–H and O–H groups in total. The molecule has 1 aromatic rings. The van der Waals surface area contributed by atoms with Crippen LogP contribution in [-0.4, -0.2) is 43.9 Å². The van der Waals surface area contributed by atoms with Crippen molar-refractivity contribution in [3.05, 3.63) is 35.4 Å². The highest BCUT2D eigenvalue weighted by Gasteiger charge is 2.12. The van der Waals surface area contributed by atoms with E-state index in [1.54, 1.807) is 12.1 Å². The first-order valence-corrected chi connectivity index (χ1v) is 5.91. The van der Waals surface area contributed by atoms with Crippen LogP contribution in [0.4, 0.5) is 0 Å². The molecular formula is C13H20N2O3. The van der Waals surface area contributed by atoms with Crippen molar-refractivity contribution in [3.8, 4) is 0 Å². The quantitative estimate of drug-likeness (QED) is 0.634. The van der Waals surface area contributed by atoms with Gasteiger partial charge in [-0.15, -0.1) is 0 Å². The molecule has 1 amide bonds. The molecule has 0 aliphatic carbocycles. The fourth-order valence-electron chi connectivity index (χ4n) is 1.60. The second-order valence-corrected chi connectivity index (χ2v) is 4.04. The van der Waals surface area contributed by atoms with Crippen LogP contribution in [0.1, 0.15) is 15.9 Å². The number of aliphatic hydroxyl groups is 1. The third-order valence-corrected chi connectivity index (χ3v) is 2.57. The number of hydrogen-bond acceptors (Lipinski definition) is 4. The first-order valence-electron chi connectivity index (χ1n) is 5.91. The van der Waals surface area contributed by atoms with E-state index in [4.69, 9.17) is 15.6 Å². The minimum atomic E-state index is -0.383. The van der Waals surface area contributed by atoms with Crippen molar-refractivity contribution in [3.63, 3.8) is 0 Å². The maximum absolute atomic E-state index is 11.9. The first-order chi connectivity index (χ1) is 8.71. The van der Waals surface area contributed by atoms with E-state index in [2.05, 4.69) is 5.32 Å². The number of nitrogens with two attached hydrogens (primary N) is 1. The highest BCUT2D eigenvalue weighted by Crippen LogP contribution is 2.05. The highest BCUT2D eigenvalue weighted by atomic mass is 16.5. The van der Waals surface area contributed by atoms with Crippen molar-refractivity contribution in [2.24, 2.45) is 5.73 Å². The molecule has 0 aliphatic heterocycles. The molecule has 0 fully saturated rings. The lowest BCUT2D eigenvalue weighted by molar-refractivity contribution is 0.0839. The van der Waals surface area contributed by atoms with E-state index in [-0.39, 0.29) is 25.2 Å². The number of nitrogens with one attached hydrogen (secondary N) is 1. The molecule has 5 nitrogen and oxygen atoms in total. The van der Waals surface area contributed by atoms with Crippen LogP contribution in [0.2, 0.25) is 0 Å². The third kappa shape index (κ3) is 4.44. The molecular weight excluding hydrogens is 232 g/mol. The summed E-state index contributed by atoms with van der Waals surface area (Å²) in [6, 6.07) is 6.88. The summed E-state index contributed by atoms with van der Waals surface area (Å²) >= 11 is 0. The Morgan fingerprint density at radius 3 is 2.61 bits per heavy atom. The largest absolute Gasteiger partial charge is 0.394 e. The summed E-state index contributed by atoms with van der Waals surface area (Å²) in [5.74, 6) is -0.217. The van der Waals surface area contributed by atoms with Gasteiger partial charge >= 0.3 is 0 Å². The average molecular weight is 252 g/mol. The lowest BCUT2D eigenvalue weighted by Crippen LogP contribution is -2.40. The van der Waals surface area contributed by atoms with E-state index in [1.165, 1.54) is 7.11 Å². The minimum Gasteiger partial charge on any atom is -0.394 e. The average Bonchev–Trinajstić information content (AvgIpc) is 2.39. The Hall–Kier alpha value is -1.43. The third-order valence-electron chi connectivity index (χ3n) is 2.57. The van der Waals surface area contributed by atoms with E-state index in [0.29, 0.717) is 12.1 Å². The molecule has 0 aromatic heterocycles. The maximum atomic E-state index is 11.9. The highest BCUT2D eigenvalue weighted by molar-refractivity contribution is 5.94. The summed E-state index contributed by atoms with van der Waals surface area (Å²) in [5.41, 5.74) is 7.12. The number of rotatable bonds is 7. The van der Waals surface area contributed by atoms with Gasteiger partial charge in [0.05, 0.1) is 19.3 Å². The zero-order valence-electron chi connectivity index (χ0n) is 10.6. The summed E-state index contributed by atoms with van der Waals surface area (Å²) in [6.07, 6.45) is 0.796. The molecule has 0 aliphatic rings. The van der Waals surface area contributed by atoms with Gasteiger partial charge in [0.2, 0.25) is 0 Å². The summed E-state index contributed by atoms with van der Waals surface area (Å²) in [6.45, 7) is 0.726. The molecule has 100 valence electrons. The van der Waals surface area contributed by atoms with Gasteiger partial charge in [-0.1, -0.05) is 12.1 Å². The second-order valence-electron chi connectivity index (χ2n) is 4.04. The molecule has 0 spiro atoms. The molecule has 0 radical (unpaired) electrons. The van der Waals surface area contributed by atoms with E-state index < -0.39 is 0 Å². The van der Waals surface area contributed by atoms with Gasteiger partial charge in [0, 0.05) is 12.7 Å². The summed E-state index contributed by atoms with van der Waals surface area (Å²) < 4.78 is 4.89. The van der Waals surface area contributed by atoms with Gasteiger partial charge in [-0.05, 0) is 30.7 Å². The van der Waals surface area contributed by atoms with Crippen LogP contribution in [0.25, 0.3) is 0 Å². The zero-order chi connectivity index (χ0) is 13.4. The fourth-order valence-corrected chi connectivity index (χ4v) is 1.60. The van der Waals surface area contributed by atoms with Gasteiger partial charge in [0.25, 0.3) is 5.91 Å². The Morgan fingerprint density at radius 1 is 1.44 bits per heavy atom. The van der Waals surface area contributed by atoms with Crippen molar-refractivity contribution in [2.75, 3.05) is 26.9 Å². The summed E-state index contributed by atoms with van der Waals surface area (Å²) in [5, 5.41) is 11.8. The number of aliphatic hydroxyl groups excluding tert-OH is 1. The smallest absolute Gasteiger partial charge is 0.251 e. The Morgan fingerprint density at radius 2 is 2.11 bits per heavy atom. The molecule has 1 unspecified atom stereocenters. The van der Waals surface area contributed by atoms with Crippen molar-refractivity contribution < 1.29 is 14.6 Å². The number of ether oxygens (including phenoxy) is 1. The van der Waals surface area contributed by atoms with E-state index in [1.807, 2.05) is 12.1 Å². The Bertz CT molecular complexity index is 365. The van der Waals surface area contributed by atoms with Crippen LogP contribution in [0.3, 0.4) is 0 Å². The number of benzene rings is 1. The standard InChI is InChI=1S/C13H20N2O3/c1-18-9-12(8-16)15-13(17)11-4-2-10(3-5-11)6-7-14/h2-5,12,16H,6-9,14H2,1H3,(H,15,17). The number of hydrogen-bond donors (Lipinski definition) is 3. The van der Waals surface area contributed by atoms with Gasteiger partial charge in [0.1, 0.15) is 0 Å². The molecule has 0 saturated heterocycles. The predicted octanol–water partition coefficient (Wildman–Crippen LogP) is -0.0751.